The molecule has 5 nitrogen and oxygen atoms in total. The Labute approximate surface area is 138 Å². The Morgan fingerprint density at radius 1 is 1.04 bits per heavy atom. The molecule has 1 amide bonds. The zero-order valence-corrected chi connectivity index (χ0v) is 12.9. The van der Waals surface area contributed by atoms with E-state index in [1.807, 2.05) is 53.4 Å². The third-order valence-corrected chi connectivity index (χ3v) is 4.21. The van der Waals surface area contributed by atoms with Gasteiger partial charge in [-0.05, 0) is 12.1 Å². The summed E-state index contributed by atoms with van der Waals surface area (Å²) < 4.78 is 0. The molecule has 4 rings (SSSR count). The lowest BCUT2D eigenvalue weighted by Crippen LogP contribution is -2.46. The Morgan fingerprint density at radius 3 is 2.61 bits per heavy atom. The quantitative estimate of drug-likeness (QED) is 0.876. The van der Waals surface area contributed by atoms with Gasteiger partial charge < -0.3 is 4.90 Å². The SMILES string of the molecule is O=C1CN2C(=NN1)CN=C(c1ccccc1Cl)c1ccccc12. The van der Waals surface area contributed by atoms with Gasteiger partial charge in [0.2, 0.25) is 0 Å². The minimum Gasteiger partial charge on any atom is -0.317 e. The molecule has 0 unspecified atom stereocenters. The van der Waals surface area contributed by atoms with E-state index in [-0.39, 0.29) is 12.5 Å². The molecule has 6 heteroatoms. The maximum Gasteiger partial charge on any atom is 0.260 e. The molecule has 23 heavy (non-hydrogen) atoms. The van der Waals surface area contributed by atoms with Crippen LogP contribution >= 0.6 is 11.6 Å². The average molecular weight is 325 g/mol. The Bertz CT molecular complexity index is 859. The summed E-state index contributed by atoms with van der Waals surface area (Å²) in [6, 6.07) is 15.5. The zero-order chi connectivity index (χ0) is 15.8. The van der Waals surface area contributed by atoms with Gasteiger partial charge in [-0.2, -0.15) is 5.10 Å². The molecule has 2 aliphatic rings. The van der Waals surface area contributed by atoms with Gasteiger partial charge in [0.15, 0.2) is 5.84 Å². The monoisotopic (exact) mass is 324 g/mol. The van der Waals surface area contributed by atoms with Crippen LogP contribution < -0.4 is 10.3 Å². The van der Waals surface area contributed by atoms with Crippen LogP contribution in [-0.4, -0.2) is 30.5 Å². The summed E-state index contributed by atoms with van der Waals surface area (Å²) in [6.45, 7) is 0.622. The number of hydrogen-bond donors (Lipinski definition) is 1. The molecular formula is C17H13ClN4O. The number of para-hydroxylation sites is 1. The fourth-order valence-electron chi connectivity index (χ4n) is 2.83. The maximum atomic E-state index is 11.7. The molecule has 2 aromatic carbocycles. The van der Waals surface area contributed by atoms with Crippen molar-refractivity contribution in [1.29, 1.82) is 0 Å². The number of carbonyl (C=O) groups excluding carboxylic acids is 1. The molecule has 0 saturated heterocycles. The number of hydrogen-bond acceptors (Lipinski definition) is 4. The predicted molar refractivity (Wildman–Crippen MR) is 91.3 cm³/mol. The number of amides is 1. The Morgan fingerprint density at radius 2 is 1.78 bits per heavy atom. The predicted octanol–water partition coefficient (Wildman–Crippen LogP) is 2.44. The van der Waals surface area contributed by atoms with E-state index in [1.54, 1.807) is 0 Å². The lowest BCUT2D eigenvalue weighted by molar-refractivity contribution is -0.119. The second-order valence-corrected chi connectivity index (χ2v) is 5.72. The van der Waals surface area contributed by atoms with E-state index < -0.39 is 0 Å². The topological polar surface area (TPSA) is 57.1 Å². The summed E-state index contributed by atoms with van der Waals surface area (Å²) in [5, 5.41) is 4.79. The molecule has 0 bridgehead atoms. The number of nitrogens with one attached hydrogen (secondary N) is 1. The van der Waals surface area contributed by atoms with Crippen LogP contribution in [0, 0.1) is 0 Å². The highest BCUT2D eigenvalue weighted by Crippen LogP contribution is 2.29. The highest BCUT2D eigenvalue weighted by molar-refractivity contribution is 6.36. The minimum atomic E-state index is -0.134. The van der Waals surface area contributed by atoms with Gasteiger partial charge >= 0.3 is 0 Å². The van der Waals surface area contributed by atoms with Crippen molar-refractivity contribution in [2.75, 3.05) is 18.0 Å². The molecule has 0 aliphatic carbocycles. The summed E-state index contributed by atoms with van der Waals surface area (Å²) in [4.78, 5) is 18.3. The van der Waals surface area contributed by atoms with Crippen LogP contribution in [0.3, 0.4) is 0 Å². The third-order valence-electron chi connectivity index (χ3n) is 3.88. The van der Waals surface area contributed by atoms with E-state index in [0.717, 1.165) is 28.4 Å². The molecule has 114 valence electrons. The van der Waals surface area contributed by atoms with Gasteiger partial charge in [-0.1, -0.05) is 48.0 Å². The normalized spacial score (nSPS) is 16.6. The molecule has 2 aliphatic heterocycles. The van der Waals surface area contributed by atoms with Crippen molar-refractivity contribution in [1.82, 2.24) is 5.43 Å². The summed E-state index contributed by atoms with van der Waals surface area (Å²) in [5.41, 5.74) is 6.07. The Kier molecular flexibility index (Phi) is 3.35. The number of anilines is 1. The maximum absolute atomic E-state index is 11.7. The molecule has 0 aromatic heterocycles. The van der Waals surface area contributed by atoms with Crippen LogP contribution in [0.4, 0.5) is 5.69 Å². The summed E-state index contributed by atoms with van der Waals surface area (Å²) in [6.07, 6.45) is 0. The van der Waals surface area contributed by atoms with E-state index in [2.05, 4.69) is 10.5 Å². The largest absolute Gasteiger partial charge is 0.317 e. The fraction of sp³-hybridized carbons (Fsp3) is 0.118. The molecule has 0 saturated carbocycles. The molecular weight excluding hydrogens is 312 g/mol. The minimum absolute atomic E-state index is 0.134. The molecule has 2 heterocycles. The zero-order valence-electron chi connectivity index (χ0n) is 12.2. The lowest BCUT2D eigenvalue weighted by atomic mass is 10.00. The van der Waals surface area contributed by atoms with Crippen molar-refractivity contribution in [2.24, 2.45) is 10.1 Å². The number of amidine groups is 1. The highest BCUT2D eigenvalue weighted by Gasteiger charge is 2.28. The van der Waals surface area contributed by atoms with Crippen LogP contribution in [0.1, 0.15) is 11.1 Å². The van der Waals surface area contributed by atoms with E-state index in [0.29, 0.717) is 11.6 Å². The number of halogens is 1. The van der Waals surface area contributed by atoms with Crippen molar-refractivity contribution in [3.8, 4) is 0 Å². The highest BCUT2D eigenvalue weighted by atomic mass is 35.5. The summed E-state index contributed by atoms with van der Waals surface area (Å²) in [5.74, 6) is 0.587. The first-order valence-electron chi connectivity index (χ1n) is 7.26. The number of rotatable bonds is 1. The lowest BCUT2D eigenvalue weighted by Gasteiger charge is -2.27. The number of aliphatic imine (C=N–C) groups is 1. The van der Waals surface area contributed by atoms with Gasteiger partial charge in [0.05, 0.1) is 17.9 Å². The van der Waals surface area contributed by atoms with Crippen LogP contribution in [0.5, 0.6) is 0 Å². The van der Waals surface area contributed by atoms with Gasteiger partial charge in [0.25, 0.3) is 5.91 Å². The first kappa shape index (κ1) is 14.0. The van der Waals surface area contributed by atoms with E-state index in [1.165, 1.54) is 0 Å². The Balaban J connectivity index is 1.92. The fourth-order valence-corrected chi connectivity index (χ4v) is 3.06. The van der Waals surface area contributed by atoms with Crippen LogP contribution in [0.2, 0.25) is 5.02 Å². The molecule has 0 spiro atoms. The van der Waals surface area contributed by atoms with Crippen molar-refractivity contribution in [3.05, 3.63) is 64.7 Å². The van der Waals surface area contributed by atoms with Crippen LogP contribution in [-0.2, 0) is 4.79 Å². The smallest absolute Gasteiger partial charge is 0.260 e. The summed E-state index contributed by atoms with van der Waals surface area (Å²) >= 11 is 6.36. The second-order valence-electron chi connectivity index (χ2n) is 5.31. The Hall–Kier alpha value is -2.66. The first-order valence-corrected chi connectivity index (χ1v) is 7.63. The van der Waals surface area contributed by atoms with E-state index >= 15 is 0 Å². The average Bonchev–Trinajstić information content (AvgIpc) is 2.73. The van der Waals surface area contributed by atoms with Crippen molar-refractivity contribution >= 4 is 34.7 Å². The number of benzene rings is 2. The molecule has 1 N–H and O–H groups in total. The van der Waals surface area contributed by atoms with Gasteiger partial charge in [0, 0.05) is 16.1 Å². The van der Waals surface area contributed by atoms with Gasteiger partial charge in [-0.15, -0.1) is 0 Å². The van der Waals surface area contributed by atoms with Gasteiger partial charge in [-0.3, -0.25) is 9.79 Å². The van der Waals surface area contributed by atoms with Crippen LogP contribution in [0.15, 0.2) is 58.6 Å². The van der Waals surface area contributed by atoms with E-state index in [9.17, 15) is 4.79 Å². The van der Waals surface area contributed by atoms with Crippen molar-refractivity contribution in [2.45, 2.75) is 0 Å². The number of hydrazone groups is 1. The number of carbonyl (C=O) groups is 1. The first-order chi connectivity index (χ1) is 11.2. The third kappa shape index (κ3) is 2.39. The van der Waals surface area contributed by atoms with E-state index in [4.69, 9.17) is 16.6 Å². The van der Waals surface area contributed by atoms with Crippen LogP contribution in [0.25, 0.3) is 0 Å². The summed E-state index contributed by atoms with van der Waals surface area (Å²) in [7, 11) is 0. The number of nitrogens with zero attached hydrogens (tertiary/aromatic N) is 3. The molecule has 0 atom stereocenters. The molecule has 0 radical (unpaired) electrons. The van der Waals surface area contributed by atoms with Gasteiger partial charge in [-0.25, -0.2) is 5.43 Å². The molecule has 2 aromatic rings. The number of fused-ring (bicyclic) bond motifs is 3. The van der Waals surface area contributed by atoms with Gasteiger partial charge in [0.1, 0.15) is 6.54 Å². The van der Waals surface area contributed by atoms with Crippen molar-refractivity contribution in [3.63, 3.8) is 0 Å². The molecule has 0 fully saturated rings. The standard InChI is InChI=1S/C17H13ClN4O/c18-13-7-3-1-5-11(13)17-12-6-2-4-8-14(12)22-10-16(23)21-20-15(22)9-19-17/h1-8H,9-10H2,(H,21,23). The second kappa shape index (κ2) is 5.52. The van der Waals surface area contributed by atoms with Crippen molar-refractivity contribution < 1.29 is 4.79 Å².